The number of carbonyl (C=O) groups excluding carboxylic acids is 1. The Morgan fingerprint density at radius 2 is 1.95 bits per heavy atom. The number of carboxylic acid groups (broad SMARTS) is 1. The van der Waals surface area contributed by atoms with Crippen LogP contribution in [0.1, 0.15) is 12.8 Å². The van der Waals surface area contributed by atoms with Crippen molar-refractivity contribution in [3.63, 3.8) is 0 Å². The number of rotatable bonds is 8. The Balaban J connectivity index is 2.32. The summed E-state index contributed by atoms with van der Waals surface area (Å²) in [5.74, 6) is -1.69. The largest absolute Gasteiger partial charge is 0.480 e. The minimum atomic E-state index is -3.64. The second-order valence-corrected chi connectivity index (χ2v) is 6.30. The molecule has 0 bridgehead atoms. The first kappa shape index (κ1) is 17.8. The third-order valence-electron chi connectivity index (χ3n) is 3.08. The second-order valence-electron chi connectivity index (χ2n) is 4.54. The lowest BCUT2D eigenvalue weighted by molar-refractivity contribution is -0.146. The summed E-state index contributed by atoms with van der Waals surface area (Å²) in [7, 11) is -2.33. The first-order valence-corrected chi connectivity index (χ1v) is 7.93. The molecule has 1 fully saturated rings. The topological polar surface area (TPSA) is 122 Å². The number of aliphatic carboxylic acids is 1. The molecule has 0 atom stereocenters. The number of esters is 1. The van der Waals surface area contributed by atoms with Crippen LogP contribution in [-0.4, -0.2) is 69.7 Å². The molecule has 0 aromatic heterocycles. The Labute approximate surface area is 123 Å². The Kier molecular flexibility index (Phi) is 7.02. The summed E-state index contributed by atoms with van der Waals surface area (Å²) in [6.07, 6.45) is 0.839. The Hall–Kier alpha value is -1.23. The van der Waals surface area contributed by atoms with Gasteiger partial charge in [-0.15, -0.1) is 0 Å². The van der Waals surface area contributed by atoms with Gasteiger partial charge in [0.25, 0.3) is 10.2 Å². The van der Waals surface area contributed by atoms with E-state index in [-0.39, 0.29) is 38.1 Å². The van der Waals surface area contributed by atoms with E-state index in [1.807, 2.05) is 0 Å². The lowest BCUT2D eigenvalue weighted by Crippen LogP contribution is -2.46. The number of hydrogen-bond acceptors (Lipinski definition) is 6. The van der Waals surface area contributed by atoms with E-state index in [0.717, 1.165) is 0 Å². The quantitative estimate of drug-likeness (QED) is 0.425. The summed E-state index contributed by atoms with van der Waals surface area (Å²) in [6.45, 7) is -0.0148. The molecule has 1 rings (SSSR count). The van der Waals surface area contributed by atoms with Crippen LogP contribution in [0.4, 0.5) is 0 Å². The molecule has 0 spiro atoms. The van der Waals surface area contributed by atoms with Crippen molar-refractivity contribution in [3.05, 3.63) is 0 Å². The molecule has 0 aromatic carbocycles. The van der Waals surface area contributed by atoms with Gasteiger partial charge in [-0.1, -0.05) is 0 Å². The lowest BCUT2D eigenvalue weighted by atomic mass is 9.99. The van der Waals surface area contributed by atoms with E-state index in [0.29, 0.717) is 12.8 Å². The van der Waals surface area contributed by atoms with Crippen molar-refractivity contribution in [1.82, 2.24) is 9.03 Å². The highest BCUT2D eigenvalue weighted by Crippen LogP contribution is 2.19. The molecule has 0 saturated carbocycles. The van der Waals surface area contributed by atoms with Crippen LogP contribution in [0.25, 0.3) is 0 Å². The van der Waals surface area contributed by atoms with Crippen LogP contribution in [0, 0.1) is 5.92 Å². The van der Waals surface area contributed by atoms with E-state index >= 15 is 0 Å². The summed E-state index contributed by atoms with van der Waals surface area (Å²) in [6, 6.07) is 0. The van der Waals surface area contributed by atoms with E-state index in [1.54, 1.807) is 0 Å². The highest BCUT2D eigenvalue weighted by molar-refractivity contribution is 7.87. The van der Waals surface area contributed by atoms with Gasteiger partial charge in [-0.3, -0.25) is 4.79 Å². The number of methoxy groups -OCH3 is 1. The lowest BCUT2D eigenvalue weighted by Gasteiger charge is -2.29. The summed E-state index contributed by atoms with van der Waals surface area (Å²) in [5.41, 5.74) is 0. The summed E-state index contributed by atoms with van der Waals surface area (Å²) < 4.78 is 36.9. The predicted octanol–water partition coefficient (Wildman–Crippen LogP) is -1.19. The van der Waals surface area contributed by atoms with Gasteiger partial charge in [0.1, 0.15) is 6.61 Å². The average Bonchev–Trinajstić information content (AvgIpc) is 2.45. The smallest absolute Gasteiger partial charge is 0.329 e. The maximum atomic E-state index is 12.0. The van der Waals surface area contributed by atoms with Gasteiger partial charge in [0, 0.05) is 19.6 Å². The van der Waals surface area contributed by atoms with E-state index in [9.17, 15) is 18.0 Å². The van der Waals surface area contributed by atoms with Crippen LogP contribution < -0.4 is 4.72 Å². The molecule has 0 amide bonds. The fraction of sp³-hybridized carbons (Fsp3) is 0.818. The highest BCUT2D eigenvalue weighted by atomic mass is 32.2. The second kappa shape index (κ2) is 8.27. The third-order valence-corrected chi connectivity index (χ3v) is 4.70. The summed E-state index contributed by atoms with van der Waals surface area (Å²) in [4.78, 5) is 21.6. The number of ether oxygens (including phenoxy) is 2. The standard InChI is InChI=1S/C11H20N2O7S/c1-19-11(16)9-2-5-13(6-3-9)21(17,18)12-4-7-20-8-10(14)15/h9,12H,2-8H2,1H3,(H,14,15). The number of nitrogens with zero attached hydrogens (tertiary/aromatic N) is 1. The molecule has 122 valence electrons. The van der Waals surface area contributed by atoms with Crippen molar-refractivity contribution in [2.24, 2.45) is 5.92 Å². The first-order chi connectivity index (χ1) is 9.86. The van der Waals surface area contributed by atoms with Gasteiger partial charge in [0.2, 0.25) is 0 Å². The monoisotopic (exact) mass is 324 g/mol. The molecular formula is C11H20N2O7S. The van der Waals surface area contributed by atoms with E-state index < -0.39 is 22.8 Å². The zero-order chi connectivity index (χ0) is 15.9. The van der Waals surface area contributed by atoms with Crippen molar-refractivity contribution >= 4 is 22.1 Å². The Morgan fingerprint density at radius 1 is 1.33 bits per heavy atom. The molecule has 21 heavy (non-hydrogen) atoms. The highest BCUT2D eigenvalue weighted by Gasteiger charge is 2.31. The van der Waals surface area contributed by atoms with Gasteiger partial charge >= 0.3 is 11.9 Å². The van der Waals surface area contributed by atoms with Crippen LogP contribution >= 0.6 is 0 Å². The van der Waals surface area contributed by atoms with Crippen molar-refractivity contribution in [1.29, 1.82) is 0 Å². The minimum absolute atomic E-state index is 0.00740. The molecular weight excluding hydrogens is 304 g/mol. The zero-order valence-corrected chi connectivity index (χ0v) is 12.6. The fourth-order valence-electron chi connectivity index (χ4n) is 1.99. The van der Waals surface area contributed by atoms with Crippen LogP contribution in [0.2, 0.25) is 0 Å². The van der Waals surface area contributed by atoms with Gasteiger partial charge in [-0.25, -0.2) is 4.79 Å². The number of hydrogen-bond donors (Lipinski definition) is 2. The molecule has 1 aliphatic heterocycles. The van der Waals surface area contributed by atoms with Crippen LogP contribution in [-0.2, 0) is 29.3 Å². The fourth-order valence-corrected chi connectivity index (χ4v) is 3.21. The molecule has 1 saturated heterocycles. The van der Waals surface area contributed by atoms with Gasteiger partial charge in [0.15, 0.2) is 0 Å². The van der Waals surface area contributed by atoms with Gasteiger partial charge in [0.05, 0.1) is 19.6 Å². The van der Waals surface area contributed by atoms with E-state index in [1.165, 1.54) is 11.4 Å². The first-order valence-electron chi connectivity index (χ1n) is 6.49. The Morgan fingerprint density at radius 3 is 2.48 bits per heavy atom. The van der Waals surface area contributed by atoms with Gasteiger partial charge in [-0.05, 0) is 12.8 Å². The molecule has 2 N–H and O–H groups in total. The predicted molar refractivity (Wildman–Crippen MR) is 71.7 cm³/mol. The molecule has 1 aliphatic rings. The number of carboxylic acids is 1. The van der Waals surface area contributed by atoms with E-state index in [4.69, 9.17) is 9.84 Å². The van der Waals surface area contributed by atoms with Crippen LogP contribution in [0.3, 0.4) is 0 Å². The van der Waals surface area contributed by atoms with Gasteiger partial charge < -0.3 is 14.6 Å². The van der Waals surface area contributed by atoms with Crippen molar-refractivity contribution < 1.29 is 32.6 Å². The Bertz CT molecular complexity index is 457. The molecule has 1 heterocycles. The maximum absolute atomic E-state index is 12.0. The number of nitrogens with one attached hydrogen (secondary N) is 1. The minimum Gasteiger partial charge on any atom is -0.480 e. The molecule has 9 nitrogen and oxygen atoms in total. The van der Waals surface area contributed by atoms with Crippen molar-refractivity contribution in [3.8, 4) is 0 Å². The van der Waals surface area contributed by atoms with Gasteiger partial charge in [-0.2, -0.15) is 17.4 Å². The average molecular weight is 324 g/mol. The normalized spacial score (nSPS) is 17.6. The third kappa shape index (κ3) is 5.96. The molecule has 0 aliphatic carbocycles. The maximum Gasteiger partial charge on any atom is 0.329 e. The SMILES string of the molecule is COC(=O)C1CCN(S(=O)(=O)NCCOCC(=O)O)CC1. The van der Waals surface area contributed by atoms with Crippen LogP contribution in [0.5, 0.6) is 0 Å². The van der Waals surface area contributed by atoms with Crippen molar-refractivity contribution in [2.45, 2.75) is 12.8 Å². The summed E-state index contributed by atoms with van der Waals surface area (Å²) >= 11 is 0. The summed E-state index contributed by atoms with van der Waals surface area (Å²) in [5, 5.41) is 8.36. The van der Waals surface area contributed by atoms with E-state index in [2.05, 4.69) is 9.46 Å². The van der Waals surface area contributed by atoms with Crippen molar-refractivity contribution in [2.75, 3.05) is 40.0 Å². The molecule has 0 radical (unpaired) electrons. The molecule has 0 aromatic rings. The molecule has 10 heteroatoms. The number of piperidine rings is 1. The zero-order valence-electron chi connectivity index (χ0n) is 11.8. The number of carbonyl (C=O) groups is 2. The van der Waals surface area contributed by atoms with Crippen LogP contribution in [0.15, 0.2) is 0 Å². The molecule has 0 unspecified atom stereocenters.